The molecule has 0 aromatic carbocycles. The highest BCUT2D eigenvalue weighted by atomic mass is 16.6. The molecule has 0 bridgehead atoms. The highest BCUT2D eigenvalue weighted by Crippen LogP contribution is 2.33. The fraction of sp³-hybridized carbons (Fsp3) is 0.571. The Bertz CT molecular complexity index is 409. The molecule has 0 amide bonds. The quantitative estimate of drug-likeness (QED) is 0.276. The second-order valence-electron chi connectivity index (χ2n) is 4.76. The fourth-order valence-electron chi connectivity index (χ4n) is 1.97. The Hall–Kier alpha value is -1.58. The van der Waals surface area contributed by atoms with Gasteiger partial charge in [0.25, 0.3) is 0 Å². The molecule has 1 atom stereocenters. The zero-order valence-corrected chi connectivity index (χ0v) is 11.4. The van der Waals surface area contributed by atoms with Gasteiger partial charge in [0.15, 0.2) is 5.78 Å². The van der Waals surface area contributed by atoms with Crippen molar-refractivity contribution in [2.45, 2.75) is 52.6 Å². The zero-order chi connectivity index (χ0) is 13.9. The largest absolute Gasteiger partial charge is 0.511 e. The molecule has 1 aliphatic heterocycles. The van der Waals surface area contributed by atoms with Gasteiger partial charge in [-0.3, -0.25) is 4.79 Å². The van der Waals surface area contributed by atoms with Gasteiger partial charge in [0.1, 0.15) is 16.9 Å². The SMILES string of the molecule is C/C=C(/C)C1(C)CC(=O)C(=C(O)CCC)C(=O)O1. The van der Waals surface area contributed by atoms with E-state index in [1.165, 1.54) is 0 Å². The average Bonchev–Trinajstić information content (AvgIpc) is 2.26. The van der Waals surface area contributed by atoms with Crippen molar-refractivity contribution >= 4 is 11.8 Å². The number of carbonyl (C=O) groups excluding carboxylic acids is 2. The van der Waals surface area contributed by atoms with E-state index in [0.717, 1.165) is 5.57 Å². The van der Waals surface area contributed by atoms with E-state index in [2.05, 4.69) is 0 Å². The summed E-state index contributed by atoms with van der Waals surface area (Å²) < 4.78 is 5.33. The van der Waals surface area contributed by atoms with Gasteiger partial charge in [0.2, 0.25) is 0 Å². The van der Waals surface area contributed by atoms with Crippen LogP contribution >= 0.6 is 0 Å². The maximum Gasteiger partial charge on any atom is 0.346 e. The van der Waals surface area contributed by atoms with Crippen LogP contribution in [0.2, 0.25) is 0 Å². The van der Waals surface area contributed by atoms with Gasteiger partial charge in [-0.25, -0.2) is 4.79 Å². The number of allylic oxidation sites excluding steroid dienone is 2. The van der Waals surface area contributed by atoms with Gasteiger partial charge in [0.05, 0.1) is 6.42 Å². The lowest BCUT2D eigenvalue weighted by molar-refractivity contribution is -0.157. The molecule has 1 rings (SSSR count). The van der Waals surface area contributed by atoms with Crippen molar-refractivity contribution in [3.8, 4) is 0 Å². The van der Waals surface area contributed by atoms with Crippen LogP contribution < -0.4 is 0 Å². The third-order valence-electron chi connectivity index (χ3n) is 3.34. The Balaban J connectivity index is 3.08. The van der Waals surface area contributed by atoms with Crippen LogP contribution in [0.1, 0.15) is 47.0 Å². The lowest BCUT2D eigenvalue weighted by Crippen LogP contribution is -2.43. The van der Waals surface area contributed by atoms with Gasteiger partial charge in [-0.15, -0.1) is 0 Å². The molecule has 0 saturated carbocycles. The number of esters is 1. The molecule has 1 N–H and O–H groups in total. The van der Waals surface area contributed by atoms with Crippen LogP contribution in [0.25, 0.3) is 0 Å². The van der Waals surface area contributed by atoms with E-state index >= 15 is 0 Å². The van der Waals surface area contributed by atoms with Crippen LogP contribution in [-0.4, -0.2) is 22.5 Å². The third-order valence-corrected chi connectivity index (χ3v) is 3.34. The number of ether oxygens (including phenoxy) is 1. The van der Waals surface area contributed by atoms with E-state index in [9.17, 15) is 14.7 Å². The zero-order valence-electron chi connectivity index (χ0n) is 11.4. The molecule has 1 fully saturated rings. The number of Topliss-reactive ketones (excluding diaryl/α,β-unsaturated/α-hetero) is 1. The Kier molecular flexibility index (Phi) is 4.33. The van der Waals surface area contributed by atoms with Crippen LogP contribution in [0, 0.1) is 0 Å². The number of ketones is 1. The molecule has 0 spiro atoms. The lowest BCUT2D eigenvalue weighted by Gasteiger charge is -2.34. The fourth-order valence-corrected chi connectivity index (χ4v) is 1.97. The van der Waals surface area contributed by atoms with Gasteiger partial charge in [-0.2, -0.15) is 0 Å². The number of aliphatic hydroxyl groups is 1. The Morgan fingerprint density at radius 3 is 2.56 bits per heavy atom. The molecule has 4 nitrogen and oxygen atoms in total. The first-order valence-electron chi connectivity index (χ1n) is 6.17. The Morgan fingerprint density at radius 1 is 1.50 bits per heavy atom. The molecule has 1 aliphatic rings. The van der Waals surface area contributed by atoms with Gasteiger partial charge in [-0.1, -0.05) is 13.0 Å². The van der Waals surface area contributed by atoms with E-state index in [4.69, 9.17) is 4.74 Å². The van der Waals surface area contributed by atoms with Crippen LogP contribution in [0.5, 0.6) is 0 Å². The van der Waals surface area contributed by atoms with E-state index < -0.39 is 11.6 Å². The molecule has 0 aromatic rings. The smallest absolute Gasteiger partial charge is 0.346 e. The molecule has 18 heavy (non-hydrogen) atoms. The first kappa shape index (κ1) is 14.5. The summed E-state index contributed by atoms with van der Waals surface area (Å²) in [5, 5.41) is 9.72. The normalized spacial score (nSPS) is 28.1. The molecule has 0 aromatic heterocycles. The standard InChI is InChI=1S/C14H20O4/c1-5-7-10(15)12-11(16)8-14(4,9(3)6-2)18-13(12)17/h6,15H,5,7-8H2,1-4H3/b9-6-,12-10?. The number of hydrogen-bond donors (Lipinski definition) is 1. The number of aliphatic hydroxyl groups excluding tert-OH is 1. The molecule has 1 saturated heterocycles. The summed E-state index contributed by atoms with van der Waals surface area (Å²) in [5.41, 5.74) is -0.240. The predicted octanol–water partition coefficient (Wildman–Crippen LogP) is 2.84. The second kappa shape index (κ2) is 5.38. The molecule has 1 unspecified atom stereocenters. The molecule has 0 aliphatic carbocycles. The van der Waals surface area contributed by atoms with E-state index in [-0.39, 0.29) is 23.5 Å². The lowest BCUT2D eigenvalue weighted by atomic mass is 9.85. The number of rotatable bonds is 3. The summed E-state index contributed by atoms with van der Waals surface area (Å²) in [6, 6.07) is 0. The molecule has 1 heterocycles. The molecule has 4 heteroatoms. The van der Waals surface area contributed by atoms with Crippen molar-refractivity contribution in [3.05, 3.63) is 23.0 Å². The van der Waals surface area contributed by atoms with Crippen LogP contribution in [0.3, 0.4) is 0 Å². The van der Waals surface area contributed by atoms with Crippen LogP contribution in [0.4, 0.5) is 0 Å². The van der Waals surface area contributed by atoms with Crippen molar-refractivity contribution in [3.63, 3.8) is 0 Å². The monoisotopic (exact) mass is 252 g/mol. The van der Waals surface area contributed by atoms with Crippen LogP contribution in [-0.2, 0) is 14.3 Å². The number of cyclic esters (lactones) is 1. The van der Waals surface area contributed by atoms with E-state index in [0.29, 0.717) is 12.8 Å². The maximum atomic E-state index is 12.0. The van der Waals surface area contributed by atoms with Gasteiger partial charge >= 0.3 is 5.97 Å². The minimum Gasteiger partial charge on any atom is -0.511 e. The summed E-state index contributed by atoms with van der Waals surface area (Å²) in [6.07, 6.45) is 2.88. The summed E-state index contributed by atoms with van der Waals surface area (Å²) in [5.74, 6) is -1.23. The van der Waals surface area contributed by atoms with Crippen molar-refractivity contribution in [1.29, 1.82) is 0 Å². The van der Waals surface area contributed by atoms with Crippen molar-refractivity contribution in [1.82, 2.24) is 0 Å². The molecular weight excluding hydrogens is 232 g/mol. The molecule has 100 valence electrons. The summed E-state index contributed by atoms with van der Waals surface area (Å²) in [7, 11) is 0. The number of carbonyl (C=O) groups is 2. The minimum absolute atomic E-state index is 0.0814. The van der Waals surface area contributed by atoms with Crippen molar-refractivity contribution in [2.24, 2.45) is 0 Å². The average molecular weight is 252 g/mol. The van der Waals surface area contributed by atoms with Gasteiger partial charge in [-0.05, 0) is 32.8 Å². The van der Waals surface area contributed by atoms with Crippen molar-refractivity contribution in [2.75, 3.05) is 0 Å². The first-order valence-corrected chi connectivity index (χ1v) is 6.17. The summed E-state index contributed by atoms with van der Waals surface area (Å²) >= 11 is 0. The van der Waals surface area contributed by atoms with E-state index in [1.54, 1.807) is 6.92 Å². The first-order chi connectivity index (χ1) is 8.35. The van der Waals surface area contributed by atoms with Crippen LogP contribution in [0.15, 0.2) is 23.0 Å². The summed E-state index contributed by atoms with van der Waals surface area (Å²) in [4.78, 5) is 23.9. The van der Waals surface area contributed by atoms with E-state index in [1.807, 2.05) is 26.8 Å². The number of hydrogen-bond acceptors (Lipinski definition) is 4. The molecular formula is C14H20O4. The maximum absolute atomic E-state index is 12.0. The summed E-state index contributed by atoms with van der Waals surface area (Å²) in [6.45, 7) is 7.23. The highest BCUT2D eigenvalue weighted by molar-refractivity contribution is 6.19. The Morgan fingerprint density at radius 2 is 2.11 bits per heavy atom. The Labute approximate surface area is 107 Å². The minimum atomic E-state index is -0.890. The highest BCUT2D eigenvalue weighted by Gasteiger charge is 2.43. The third kappa shape index (κ3) is 2.63. The second-order valence-corrected chi connectivity index (χ2v) is 4.76. The topological polar surface area (TPSA) is 63.6 Å². The predicted molar refractivity (Wildman–Crippen MR) is 68.1 cm³/mol. The van der Waals surface area contributed by atoms with Gasteiger partial charge in [0, 0.05) is 6.42 Å². The van der Waals surface area contributed by atoms with Crippen molar-refractivity contribution < 1.29 is 19.4 Å². The van der Waals surface area contributed by atoms with Gasteiger partial charge < -0.3 is 9.84 Å². The molecule has 0 radical (unpaired) electrons.